The molecule has 0 amide bonds. The van der Waals surface area contributed by atoms with Gasteiger partial charge in [0.1, 0.15) is 5.82 Å². The van der Waals surface area contributed by atoms with Gasteiger partial charge in [0.25, 0.3) is 0 Å². The highest BCUT2D eigenvalue weighted by molar-refractivity contribution is 9.11. The number of hydrogen-bond donors (Lipinski definition) is 0. The molecule has 0 aliphatic carbocycles. The predicted molar refractivity (Wildman–Crippen MR) is 71.0 cm³/mol. The van der Waals surface area contributed by atoms with Crippen LogP contribution < -0.4 is 0 Å². The van der Waals surface area contributed by atoms with E-state index in [2.05, 4.69) is 26.0 Å². The van der Waals surface area contributed by atoms with Gasteiger partial charge in [-0.2, -0.15) is 0 Å². The van der Waals surface area contributed by atoms with E-state index in [1.807, 2.05) is 17.2 Å². The number of halogens is 2. The number of azide groups is 1. The molecular weight excluding hydrogens is 299 g/mol. The topological polar surface area (TPSA) is 52.0 Å². The largest absolute Gasteiger partial charge is 0.368 e. The van der Waals surface area contributed by atoms with Gasteiger partial charge in [-0.3, -0.25) is 0 Å². The van der Waals surface area contributed by atoms with Crippen molar-refractivity contribution in [2.45, 2.75) is 6.54 Å². The van der Waals surface area contributed by atoms with Crippen LogP contribution >= 0.6 is 15.9 Å². The van der Waals surface area contributed by atoms with Crippen molar-refractivity contribution in [1.82, 2.24) is 4.90 Å². The Balaban J connectivity index is 2.07. The summed E-state index contributed by atoms with van der Waals surface area (Å²) in [5, 5.41) is 3.56. The normalized spacial score (nSPS) is 14.7. The Hall–Kier alpha value is -1.78. The summed E-state index contributed by atoms with van der Waals surface area (Å²) in [5.74, 6) is -0.238. The van der Waals surface area contributed by atoms with E-state index in [1.165, 1.54) is 12.1 Å². The molecule has 0 atom stereocenters. The van der Waals surface area contributed by atoms with Gasteiger partial charge in [-0.15, -0.1) is 0 Å². The van der Waals surface area contributed by atoms with Crippen LogP contribution in [0.4, 0.5) is 4.39 Å². The summed E-state index contributed by atoms with van der Waals surface area (Å²) in [5.41, 5.74) is 9.85. The van der Waals surface area contributed by atoms with Gasteiger partial charge in [-0.25, -0.2) is 4.39 Å². The van der Waals surface area contributed by atoms with E-state index in [1.54, 1.807) is 12.1 Å². The van der Waals surface area contributed by atoms with Gasteiger partial charge in [0.05, 0.1) is 5.70 Å². The van der Waals surface area contributed by atoms with Gasteiger partial charge in [0.15, 0.2) is 0 Å². The standard InChI is InChI=1S/C12H10BrFN4/c13-11-8-18(5-4-12(11)16-17-15)7-9-2-1-3-10(14)6-9/h1-6H,7-8H2. The summed E-state index contributed by atoms with van der Waals surface area (Å²) in [6, 6.07) is 6.49. The Kier molecular flexibility index (Phi) is 4.02. The summed E-state index contributed by atoms with van der Waals surface area (Å²) in [6.07, 6.45) is 3.56. The van der Waals surface area contributed by atoms with E-state index in [0.29, 0.717) is 18.8 Å². The van der Waals surface area contributed by atoms with E-state index < -0.39 is 0 Å². The zero-order chi connectivity index (χ0) is 13.0. The third-order valence-electron chi connectivity index (χ3n) is 2.49. The fourth-order valence-electron chi connectivity index (χ4n) is 1.69. The fraction of sp³-hybridized carbons (Fsp3) is 0.167. The Morgan fingerprint density at radius 1 is 1.50 bits per heavy atom. The molecule has 6 heteroatoms. The fourth-order valence-corrected chi connectivity index (χ4v) is 2.23. The molecule has 1 aromatic carbocycles. The van der Waals surface area contributed by atoms with Crippen LogP contribution in [0.1, 0.15) is 5.56 Å². The number of rotatable bonds is 3. The molecule has 0 aromatic heterocycles. The van der Waals surface area contributed by atoms with Gasteiger partial charge in [0.2, 0.25) is 0 Å². The first-order chi connectivity index (χ1) is 8.69. The molecule has 1 aliphatic heterocycles. The van der Waals surface area contributed by atoms with Gasteiger partial charge < -0.3 is 4.90 Å². The molecule has 0 radical (unpaired) electrons. The molecule has 0 saturated heterocycles. The molecule has 18 heavy (non-hydrogen) atoms. The first-order valence-electron chi connectivity index (χ1n) is 5.29. The second-order valence-electron chi connectivity index (χ2n) is 3.83. The van der Waals surface area contributed by atoms with Crippen molar-refractivity contribution >= 4 is 15.9 Å². The lowest BCUT2D eigenvalue weighted by Crippen LogP contribution is -2.21. The van der Waals surface area contributed by atoms with E-state index in [0.717, 1.165) is 10.0 Å². The Bertz CT molecular complexity index is 561. The first-order valence-corrected chi connectivity index (χ1v) is 6.09. The van der Waals surface area contributed by atoms with E-state index in [-0.39, 0.29) is 5.82 Å². The van der Waals surface area contributed by atoms with Crippen LogP contribution in [0, 0.1) is 5.82 Å². The van der Waals surface area contributed by atoms with Crippen molar-refractivity contribution in [3.63, 3.8) is 0 Å². The van der Waals surface area contributed by atoms with Crippen LogP contribution in [0.5, 0.6) is 0 Å². The second-order valence-corrected chi connectivity index (χ2v) is 4.79. The zero-order valence-corrected chi connectivity index (χ0v) is 11.0. The molecule has 0 fully saturated rings. The molecule has 1 aromatic rings. The second kappa shape index (κ2) is 5.71. The maximum Gasteiger partial charge on any atom is 0.123 e. The molecule has 0 unspecified atom stereocenters. The molecule has 2 rings (SSSR count). The SMILES string of the molecule is [N-]=[N+]=NC1=C(Br)CN(Cc2cccc(F)c2)C=C1. The highest BCUT2D eigenvalue weighted by Crippen LogP contribution is 2.22. The summed E-state index contributed by atoms with van der Waals surface area (Å²) >= 11 is 3.37. The van der Waals surface area contributed by atoms with Gasteiger partial charge in [0, 0.05) is 28.7 Å². The molecule has 4 nitrogen and oxygen atoms in total. The molecule has 0 spiro atoms. The van der Waals surface area contributed by atoms with Crippen molar-refractivity contribution in [3.05, 3.63) is 68.5 Å². The maximum absolute atomic E-state index is 13.1. The summed E-state index contributed by atoms with van der Waals surface area (Å²) in [7, 11) is 0. The lowest BCUT2D eigenvalue weighted by Gasteiger charge is -2.24. The smallest absolute Gasteiger partial charge is 0.123 e. The number of hydrogen-bond acceptors (Lipinski definition) is 2. The third kappa shape index (κ3) is 3.12. The van der Waals surface area contributed by atoms with Crippen LogP contribution in [0.25, 0.3) is 10.4 Å². The first kappa shape index (κ1) is 12.7. The molecule has 0 N–H and O–H groups in total. The maximum atomic E-state index is 13.1. The predicted octanol–water partition coefficient (Wildman–Crippen LogP) is 4.07. The van der Waals surface area contributed by atoms with Crippen LogP contribution in [0.15, 0.2) is 51.8 Å². The lowest BCUT2D eigenvalue weighted by atomic mass is 10.2. The van der Waals surface area contributed by atoms with Crippen molar-refractivity contribution < 1.29 is 4.39 Å². The van der Waals surface area contributed by atoms with Gasteiger partial charge >= 0.3 is 0 Å². The third-order valence-corrected chi connectivity index (χ3v) is 3.15. The molecule has 0 bridgehead atoms. The van der Waals surface area contributed by atoms with Crippen LogP contribution in [0.3, 0.4) is 0 Å². The minimum absolute atomic E-state index is 0.238. The average molecular weight is 309 g/mol. The Morgan fingerprint density at radius 2 is 2.33 bits per heavy atom. The molecule has 0 saturated carbocycles. The van der Waals surface area contributed by atoms with Gasteiger partial charge in [-0.1, -0.05) is 33.2 Å². The van der Waals surface area contributed by atoms with E-state index in [9.17, 15) is 4.39 Å². The van der Waals surface area contributed by atoms with Gasteiger partial charge in [-0.05, 0) is 29.3 Å². The lowest BCUT2D eigenvalue weighted by molar-refractivity contribution is 0.400. The monoisotopic (exact) mass is 308 g/mol. The van der Waals surface area contributed by atoms with Crippen molar-refractivity contribution in [2.75, 3.05) is 6.54 Å². The highest BCUT2D eigenvalue weighted by Gasteiger charge is 2.11. The van der Waals surface area contributed by atoms with E-state index >= 15 is 0 Å². The van der Waals surface area contributed by atoms with Crippen LogP contribution in [0.2, 0.25) is 0 Å². The molecule has 1 aliphatic rings. The Morgan fingerprint density at radius 3 is 3.00 bits per heavy atom. The van der Waals surface area contributed by atoms with E-state index in [4.69, 9.17) is 5.53 Å². The van der Waals surface area contributed by atoms with Crippen molar-refractivity contribution in [2.24, 2.45) is 5.11 Å². The summed E-state index contributed by atoms with van der Waals surface area (Å²) in [4.78, 5) is 4.74. The van der Waals surface area contributed by atoms with Crippen LogP contribution in [-0.4, -0.2) is 11.4 Å². The average Bonchev–Trinajstić information content (AvgIpc) is 2.33. The quantitative estimate of drug-likeness (QED) is 0.471. The zero-order valence-electron chi connectivity index (χ0n) is 9.42. The summed E-state index contributed by atoms with van der Waals surface area (Å²) < 4.78 is 13.9. The van der Waals surface area contributed by atoms with Crippen molar-refractivity contribution in [1.29, 1.82) is 0 Å². The Labute approximate surface area is 112 Å². The van der Waals surface area contributed by atoms with Crippen molar-refractivity contribution in [3.8, 4) is 0 Å². The number of nitrogens with zero attached hydrogens (tertiary/aromatic N) is 4. The van der Waals surface area contributed by atoms with Crippen LogP contribution in [-0.2, 0) is 6.54 Å². The summed E-state index contributed by atoms with van der Waals surface area (Å²) in [6.45, 7) is 1.20. The minimum atomic E-state index is -0.238. The minimum Gasteiger partial charge on any atom is -0.368 e. The molecule has 1 heterocycles. The molecular formula is C12H10BrFN4. The highest BCUT2D eigenvalue weighted by atomic mass is 79.9. The number of benzene rings is 1. The number of allylic oxidation sites excluding steroid dienone is 1. The molecule has 92 valence electrons.